The van der Waals surface area contributed by atoms with Gasteiger partial charge in [-0.2, -0.15) is 18.2 Å². The molecule has 1 aromatic heterocycles. The zero-order valence-corrected chi connectivity index (χ0v) is 18.7. The second kappa shape index (κ2) is 9.62. The molecule has 0 spiro atoms. The summed E-state index contributed by atoms with van der Waals surface area (Å²) in [7, 11) is 7.07. The van der Waals surface area contributed by atoms with E-state index in [4.69, 9.17) is 0 Å². The van der Waals surface area contributed by atoms with Crippen LogP contribution in [0.4, 0.5) is 30.6 Å². The summed E-state index contributed by atoms with van der Waals surface area (Å²) >= 11 is 0. The van der Waals surface area contributed by atoms with Gasteiger partial charge in [-0.1, -0.05) is 0 Å². The van der Waals surface area contributed by atoms with Crippen LogP contribution in [-0.2, 0) is 6.18 Å². The lowest BCUT2D eigenvalue weighted by Crippen LogP contribution is -2.40. The highest BCUT2D eigenvalue weighted by atomic mass is 19.4. The van der Waals surface area contributed by atoms with Crippen molar-refractivity contribution in [1.82, 2.24) is 15.3 Å². The van der Waals surface area contributed by atoms with E-state index in [-0.39, 0.29) is 29.8 Å². The van der Waals surface area contributed by atoms with Gasteiger partial charge in [-0.15, -0.1) is 0 Å². The summed E-state index contributed by atoms with van der Waals surface area (Å²) in [6.45, 7) is 0. The Bertz CT molecular complexity index is 922. The minimum Gasteiger partial charge on any atom is -0.378 e. The summed E-state index contributed by atoms with van der Waals surface area (Å²) in [5.41, 5.74) is 0.650. The van der Waals surface area contributed by atoms with E-state index < -0.39 is 11.9 Å². The van der Waals surface area contributed by atoms with Crippen LogP contribution in [0.2, 0.25) is 0 Å². The summed E-state index contributed by atoms with van der Waals surface area (Å²) in [6.07, 6.45) is -1.65. The molecule has 1 amide bonds. The maximum absolute atomic E-state index is 13.2. The molecule has 174 valence electrons. The molecular formula is C22H29F3N6O. The Balaban J connectivity index is 1.57. The lowest BCUT2D eigenvalue weighted by atomic mass is 9.91. The average Bonchev–Trinajstić information content (AvgIpc) is 2.74. The second-order valence-electron chi connectivity index (χ2n) is 8.44. The van der Waals surface area contributed by atoms with Crippen LogP contribution < -0.4 is 20.4 Å². The van der Waals surface area contributed by atoms with Gasteiger partial charge in [-0.25, -0.2) is 4.98 Å². The molecule has 1 aromatic carbocycles. The minimum absolute atomic E-state index is 0.00330. The summed E-state index contributed by atoms with van der Waals surface area (Å²) in [4.78, 5) is 23.7. The molecule has 2 N–H and O–H groups in total. The van der Waals surface area contributed by atoms with Crippen molar-refractivity contribution >= 4 is 23.4 Å². The molecule has 1 aliphatic carbocycles. The van der Waals surface area contributed by atoms with Crippen molar-refractivity contribution in [3.05, 3.63) is 41.6 Å². The van der Waals surface area contributed by atoms with Crippen molar-refractivity contribution in [2.75, 3.05) is 43.3 Å². The van der Waals surface area contributed by atoms with Crippen LogP contribution in [0.25, 0.3) is 0 Å². The van der Waals surface area contributed by atoms with Gasteiger partial charge in [0, 0.05) is 57.6 Å². The van der Waals surface area contributed by atoms with E-state index in [1.165, 1.54) is 4.90 Å². The number of nitrogens with one attached hydrogen (secondary N) is 2. The van der Waals surface area contributed by atoms with Gasteiger partial charge in [0.1, 0.15) is 5.82 Å². The first-order valence-electron chi connectivity index (χ1n) is 10.5. The number of carbonyl (C=O) groups excluding carboxylic acids is 1. The summed E-state index contributed by atoms with van der Waals surface area (Å²) in [5, 5.41) is 6.18. The van der Waals surface area contributed by atoms with E-state index in [1.54, 1.807) is 26.2 Å². The molecule has 0 atom stereocenters. The van der Waals surface area contributed by atoms with E-state index in [9.17, 15) is 18.0 Å². The number of aromatic nitrogens is 2. The fourth-order valence-electron chi connectivity index (χ4n) is 3.62. The Kier molecular flexibility index (Phi) is 7.10. The fraction of sp³-hybridized carbons (Fsp3) is 0.500. The molecule has 0 saturated heterocycles. The minimum atomic E-state index is -4.54. The van der Waals surface area contributed by atoms with E-state index >= 15 is 0 Å². The highest BCUT2D eigenvalue weighted by Crippen LogP contribution is 2.31. The van der Waals surface area contributed by atoms with Gasteiger partial charge >= 0.3 is 6.18 Å². The number of hydrogen-bond acceptors (Lipinski definition) is 6. The normalized spacial score (nSPS) is 18.7. The number of anilines is 3. The predicted octanol–water partition coefficient (Wildman–Crippen LogP) is 3.78. The topological polar surface area (TPSA) is 73.4 Å². The van der Waals surface area contributed by atoms with E-state index in [0.29, 0.717) is 18.4 Å². The van der Waals surface area contributed by atoms with Crippen molar-refractivity contribution in [2.24, 2.45) is 0 Å². The molecule has 0 bridgehead atoms. The first-order valence-corrected chi connectivity index (χ1v) is 10.5. The number of benzene rings is 1. The maximum atomic E-state index is 13.2. The van der Waals surface area contributed by atoms with Gasteiger partial charge in [0.25, 0.3) is 5.91 Å². The van der Waals surface area contributed by atoms with Crippen LogP contribution in [0.3, 0.4) is 0 Å². The van der Waals surface area contributed by atoms with Gasteiger partial charge in [0.15, 0.2) is 5.69 Å². The number of rotatable bonds is 6. The van der Waals surface area contributed by atoms with Crippen LogP contribution >= 0.6 is 0 Å². The van der Waals surface area contributed by atoms with Crippen molar-refractivity contribution in [2.45, 2.75) is 43.9 Å². The van der Waals surface area contributed by atoms with Gasteiger partial charge in [-0.3, -0.25) is 4.79 Å². The molecule has 1 heterocycles. The first kappa shape index (κ1) is 23.6. The van der Waals surface area contributed by atoms with Crippen molar-refractivity contribution in [1.29, 1.82) is 0 Å². The van der Waals surface area contributed by atoms with Crippen LogP contribution in [0, 0.1) is 0 Å². The highest BCUT2D eigenvalue weighted by molar-refractivity contribution is 5.94. The number of amides is 1. The first-order chi connectivity index (χ1) is 15.0. The largest absolute Gasteiger partial charge is 0.433 e. The van der Waals surface area contributed by atoms with Crippen molar-refractivity contribution < 1.29 is 18.0 Å². The van der Waals surface area contributed by atoms with E-state index in [2.05, 4.69) is 20.6 Å². The van der Waals surface area contributed by atoms with E-state index in [1.807, 2.05) is 31.1 Å². The number of carbonyl (C=O) groups is 1. The van der Waals surface area contributed by atoms with Crippen molar-refractivity contribution in [3.8, 4) is 0 Å². The summed E-state index contributed by atoms with van der Waals surface area (Å²) in [6, 6.07) is 8.35. The predicted molar refractivity (Wildman–Crippen MR) is 119 cm³/mol. The number of alkyl halides is 3. The molecule has 2 aromatic rings. The third kappa shape index (κ3) is 6.02. The Morgan fingerprint density at radius 3 is 2.06 bits per heavy atom. The van der Waals surface area contributed by atoms with Crippen LogP contribution in [-0.4, -0.2) is 56.1 Å². The second-order valence-corrected chi connectivity index (χ2v) is 8.44. The van der Waals surface area contributed by atoms with E-state index in [0.717, 1.165) is 24.6 Å². The summed E-state index contributed by atoms with van der Waals surface area (Å²) in [5.74, 6) is 0.0426. The molecule has 0 unspecified atom stereocenters. The van der Waals surface area contributed by atoms with Crippen LogP contribution in [0.1, 0.15) is 41.7 Å². The summed E-state index contributed by atoms with van der Waals surface area (Å²) < 4.78 is 39.6. The molecular weight excluding hydrogens is 421 g/mol. The lowest BCUT2D eigenvalue weighted by Gasteiger charge is -2.30. The average molecular weight is 451 g/mol. The zero-order valence-electron chi connectivity index (χ0n) is 18.7. The molecule has 1 aliphatic rings. The molecule has 1 fully saturated rings. The third-order valence-electron chi connectivity index (χ3n) is 5.47. The number of nitrogens with zero attached hydrogens (tertiary/aromatic N) is 4. The SMILES string of the molecule is CN(C)c1ccc(C(=O)N[C@H]2CC[C@@H](Nc3cc(C(F)(F)F)nc(N(C)C)n3)CC2)cc1. The molecule has 3 rings (SSSR count). The maximum Gasteiger partial charge on any atom is 0.433 e. The van der Waals surface area contributed by atoms with Gasteiger partial charge in [-0.05, 0) is 49.9 Å². The number of halogens is 3. The van der Waals surface area contributed by atoms with Crippen LogP contribution in [0.5, 0.6) is 0 Å². The smallest absolute Gasteiger partial charge is 0.378 e. The molecule has 1 saturated carbocycles. The Hall–Kier alpha value is -3.04. The van der Waals surface area contributed by atoms with Crippen molar-refractivity contribution in [3.63, 3.8) is 0 Å². The molecule has 0 radical (unpaired) electrons. The molecule has 7 nitrogen and oxygen atoms in total. The Labute approximate surface area is 186 Å². The Morgan fingerprint density at radius 2 is 1.53 bits per heavy atom. The van der Waals surface area contributed by atoms with Gasteiger partial charge in [0.05, 0.1) is 0 Å². The quantitative estimate of drug-likeness (QED) is 0.698. The number of hydrogen-bond donors (Lipinski definition) is 2. The van der Waals surface area contributed by atoms with Gasteiger partial charge < -0.3 is 20.4 Å². The van der Waals surface area contributed by atoms with Crippen LogP contribution in [0.15, 0.2) is 30.3 Å². The third-order valence-corrected chi connectivity index (χ3v) is 5.47. The van der Waals surface area contributed by atoms with Gasteiger partial charge in [0.2, 0.25) is 5.95 Å². The molecule has 10 heteroatoms. The zero-order chi connectivity index (χ0) is 23.5. The monoisotopic (exact) mass is 450 g/mol. The fourth-order valence-corrected chi connectivity index (χ4v) is 3.62. The Morgan fingerprint density at radius 1 is 0.938 bits per heavy atom. The highest BCUT2D eigenvalue weighted by Gasteiger charge is 2.34. The molecule has 0 aliphatic heterocycles. The lowest BCUT2D eigenvalue weighted by molar-refractivity contribution is -0.141. The standard InChI is InChI=1S/C22H29F3N6O/c1-30(2)17-11-5-14(6-12-17)20(32)27-16-9-7-15(8-10-16)26-19-13-18(22(23,24)25)28-21(29-19)31(3)4/h5-6,11-13,15-16H,7-10H2,1-4H3,(H,27,32)(H,26,28,29)/t15-,16+. The molecule has 32 heavy (non-hydrogen) atoms.